The molecule has 0 aliphatic carbocycles. The maximum Gasteiger partial charge on any atom is 0.246 e. The quantitative estimate of drug-likeness (QED) is 0.729. The van der Waals surface area contributed by atoms with Gasteiger partial charge in [-0.1, -0.05) is 6.07 Å². The van der Waals surface area contributed by atoms with E-state index in [4.69, 9.17) is 9.47 Å². The van der Waals surface area contributed by atoms with Gasteiger partial charge in [0.25, 0.3) is 0 Å². The second-order valence-electron chi connectivity index (χ2n) is 5.79. The summed E-state index contributed by atoms with van der Waals surface area (Å²) >= 11 is 1.63. The summed E-state index contributed by atoms with van der Waals surface area (Å²) in [7, 11) is 0. The van der Waals surface area contributed by atoms with E-state index in [9.17, 15) is 4.79 Å². The fourth-order valence-electron chi connectivity index (χ4n) is 2.93. The molecule has 1 aromatic carbocycles. The van der Waals surface area contributed by atoms with Gasteiger partial charge >= 0.3 is 0 Å². The Morgan fingerprint density at radius 1 is 1.20 bits per heavy atom. The Kier molecular flexibility index (Phi) is 5.76. The summed E-state index contributed by atoms with van der Waals surface area (Å²) < 4.78 is 11.4. The van der Waals surface area contributed by atoms with E-state index in [1.807, 2.05) is 48.4 Å². The summed E-state index contributed by atoms with van der Waals surface area (Å²) in [6.07, 6.45) is 4.38. The molecule has 0 atom stereocenters. The Labute approximate surface area is 152 Å². The van der Waals surface area contributed by atoms with Crippen molar-refractivity contribution in [1.29, 1.82) is 0 Å². The highest BCUT2D eigenvalue weighted by Gasteiger charge is 2.21. The van der Waals surface area contributed by atoms with Gasteiger partial charge < -0.3 is 14.4 Å². The first-order chi connectivity index (χ1) is 12.2. The normalized spacial score (nSPS) is 13.8. The van der Waals surface area contributed by atoms with E-state index in [1.54, 1.807) is 17.4 Å². The predicted octanol–water partition coefficient (Wildman–Crippen LogP) is 4.14. The van der Waals surface area contributed by atoms with Gasteiger partial charge in [0, 0.05) is 24.0 Å². The average Bonchev–Trinajstić information content (AvgIpc) is 3.14. The Bertz CT molecular complexity index is 753. The monoisotopic (exact) mass is 357 g/mol. The van der Waals surface area contributed by atoms with Crippen molar-refractivity contribution in [2.24, 2.45) is 0 Å². The fourth-order valence-corrected chi connectivity index (χ4v) is 3.55. The largest absolute Gasteiger partial charge is 0.490 e. The molecule has 3 rings (SSSR count). The van der Waals surface area contributed by atoms with E-state index in [-0.39, 0.29) is 5.91 Å². The van der Waals surface area contributed by atoms with Crippen molar-refractivity contribution in [1.82, 2.24) is 4.90 Å². The Morgan fingerprint density at radius 3 is 2.56 bits per heavy atom. The molecule has 1 aliphatic rings. The number of amides is 1. The van der Waals surface area contributed by atoms with Crippen LogP contribution in [0.25, 0.3) is 6.08 Å². The van der Waals surface area contributed by atoms with Crippen molar-refractivity contribution < 1.29 is 14.3 Å². The zero-order valence-electron chi connectivity index (χ0n) is 14.7. The van der Waals surface area contributed by atoms with E-state index in [0.29, 0.717) is 19.8 Å². The van der Waals surface area contributed by atoms with Crippen LogP contribution in [0.2, 0.25) is 0 Å². The van der Waals surface area contributed by atoms with Crippen molar-refractivity contribution in [3.8, 4) is 11.5 Å². The lowest BCUT2D eigenvalue weighted by Crippen LogP contribution is -2.34. The van der Waals surface area contributed by atoms with E-state index in [1.165, 1.54) is 5.56 Å². The molecule has 0 bridgehead atoms. The highest BCUT2D eigenvalue weighted by molar-refractivity contribution is 7.10. The summed E-state index contributed by atoms with van der Waals surface area (Å²) in [6, 6.07) is 8.07. The SMILES string of the molecule is CCOc1cc2c(cc1OCC)CN(C(=O)/C=C/c1cccs1)CC2. The average molecular weight is 357 g/mol. The molecule has 25 heavy (non-hydrogen) atoms. The number of hydrogen-bond donors (Lipinski definition) is 0. The summed E-state index contributed by atoms with van der Waals surface area (Å²) in [5, 5.41) is 2.01. The van der Waals surface area contributed by atoms with Crippen LogP contribution in [0.15, 0.2) is 35.7 Å². The van der Waals surface area contributed by atoms with Crippen molar-refractivity contribution >= 4 is 23.3 Å². The number of ether oxygens (including phenoxy) is 2. The molecule has 132 valence electrons. The van der Waals surface area contributed by atoms with Gasteiger partial charge in [0.2, 0.25) is 5.91 Å². The van der Waals surface area contributed by atoms with Gasteiger partial charge in [0.05, 0.1) is 13.2 Å². The predicted molar refractivity (Wildman–Crippen MR) is 101 cm³/mol. The Morgan fingerprint density at radius 2 is 1.92 bits per heavy atom. The van der Waals surface area contributed by atoms with E-state index < -0.39 is 0 Å². The fraction of sp³-hybridized carbons (Fsp3) is 0.350. The van der Waals surface area contributed by atoms with Crippen LogP contribution in [-0.4, -0.2) is 30.6 Å². The first-order valence-electron chi connectivity index (χ1n) is 8.63. The lowest BCUT2D eigenvalue weighted by Gasteiger charge is -2.29. The van der Waals surface area contributed by atoms with Gasteiger partial charge in [-0.2, -0.15) is 0 Å². The minimum Gasteiger partial charge on any atom is -0.490 e. The molecule has 1 aromatic heterocycles. The number of fused-ring (bicyclic) bond motifs is 1. The van der Waals surface area contributed by atoms with Gasteiger partial charge in [0.15, 0.2) is 11.5 Å². The van der Waals surface area contributed by atoms with Crippen LogP contribution in [0, 0.1) is 0 Å². The minimum atomic E-state index is 0.0471. The lowest BCUT2D eigenvalue weighted by atomic mass is 9.98. The highest BCUT2D eigenvalue weighted by atomic mass is 32.1. The van der Waals surface area contributed by atoms with E-state index >= 15 is 0 Å². The van der Waals surface area contributed by atoms with Crippen molar-refractivity contribution in [3.05, 3.63) is 51.7 Å². The lowest BCUT2D eigenvalue weighted by molar-refractivity contribution is -0.126. The summed E-state index contributed by atoms with van der Waals surface area (Å²) in [5.41, 5.74) is 2.37. The van der Waals surface area contributed by atoms with Gasteiger partial charge in [-0.25, -0.2) is 0 Å². The van der Waals surface area contributed by atoms with Crippen LogP contribution >= 0.6 is 11.3 Å². The third-order valence-electron chi connectivity index (χ3n) is 4.12. The number of carbonyl (C=O) groups excluding carboxylic acids is 1. The third kappa shape index (κ3) is 4.23. The van der Waals surface area contributed by atoms with Gasteiger partial charge in [-0.15, -0.1) is 11.3 Å². The van der Waals surface area contributed by atoms with Gasteiger partial charge in [-0.05, 0) is 61.1 Å². The van der Waals surface area contributed by atoms with Crippen molar-refractivity contribution in [2.75, 3.05) is 19.8 Å². The van der Waals surface area contributed by atoms with Gasteiger partial charge in [-0.3, -0.25) is 4.79 Å². The first-order valence-corrected chi connectivity index (χ1v) is 9.51. The minimum absolute atomic E-state index is 0.0471. The Hall–Kier alpha value is -2.27. The van der Waals surface area contributed by atoms with Crippen LogP contribution < -0.4 is 9.47 Å². The summed E-state index contributed by atoms with van der Waals surface area (Å²) in [5.74, 6) is 1.60. The second kappa shape index (κ2) is 8.21. The standard InChI is InChI=1S/C20H23NO3S/c1-3-23-18-12-15-9-10-21(14-16(15)13-19(18)24-4-2)20(22)8-7-17-6-5-11-25-17/h5-8,11-13H,3-4,9-10,14H2,1-2H3/b8-7+. The van der Waals surface area contributed by atoms with Crippen LogP contribution in [0.4, 0.5) is 0 Å². The molecule has 2 aromatic rings. The zero-order valence-corrected chi connectivity index (χ0v) is 15.5. The molecule has 0 saturated heterocycles. The van der Waals surface area contributed by atoms with Crippen LogP contribution in [0.1, 0.15) is 29.9 Å². The van der Waals surface area contributed by atoms with E-state index in [2.05, 4.69) is 6.07 Å². The molecule has 5 heteroatoms. The number of nitrogens with zero attached hydrogens (tertiary/aromatic N) is 1. The molecule has 1 amide bonds. The van der Waals surface area contributed by atoms with Crippen LogP contribution in [0.3, 0.4) is 0 Å². The Balaban J connectivity index is 1.75. The van der Waals surface area contributed by atoms with Crippen LogP contribution in [-0.2, 0) is 17.8 Å². The number of hydrogen-bond acceptors (Lipinski definition) is 4. The molecule has 0 radical (unpaired) electrons. The number of rotatable bonds is 6. The summed E-state index contributed by atoms with van der Waals surface area (Å²) in [4.78, 5) is 15.4. The number of carbonyl (C=O) groups is 1. The molecular formula is C20H23NO3S. The summed E-state index contributed by atoms with van der Waals surface area (Å²) in [6.45, 7) is 6.45. The molecule has 2 heterocycles. The molecule has 1 aliphatic heterocycles. The highest BCUT2D eigenvalue weighted by Crippen LogP contribution is 2.34. The zero-order chi connectivity index (χ0) is 17.6. The molecule has 4 nitrogen and oxygen atoms in total. The smallest absolute Gasteiger partial charge is 0.246 e. The molecule has 0 N–H and O–H groups in total. The van der Waals surface area contributed by atoms with Crippen molar-refractivity contribution in [3.63, 3.8) is 0 Å². The number of thiophene rings is 1. The second-order valence-corrected chi connectivity index (χ2v) is 6.77. The van der Waals surface area contributed by atoms with Crippen molar-refractivity contribution in [2.45, 2.75) is 26.8 Å². The number of benzene rings is 1. The van der Waals surface area contributed by atoms with Crippen LogP contribution in [0.5, 0.6) is 11.5 Å². The van der Waals surface area contributed by atoms with Gasteiger partial charge in [0.1, 0.15) is 0 Å². The first kappa shape index (κ1) is 17.5. The third-order valence-corrected chi connectivity index (χ3v) is 4.96. The topological polar surface area (TPSA) is 38.8 Å². The molecule has 0 fully saturated rings. The molecule has 0 saturated carbocycles. The maximum absolute atomic E-state index is 12.5. The molecule has 0 spiro atoms. The maximum atomic E-state index is 12.5. The molecule has 0 unspecified atom stereocenters. The molecular weight excluding hydrogens is 334 g/mol. The van der Waals surface area contributed by atoms with E-state index in [0.717, 1.165) is 34.9 Å².